The molecule has 2 amide bonds. The van der Waals surface area contributed by atoms with E-state index in [9.17, 15) is 20.1 Å². The van der Waals surface area contributed by atoms with Crippen molar-refractivity contribution in [2.45, 2.75) is 69.7 Å². The van der Waals surface area contributed by atoms with Gasteiger partial charge in [0.15, 0.2) is 11.5 Å². The highest BCUT2D eigenvalue weighted by atomic mass is 16.2. The second kappa shape index (κ2) is 15.8. The summed E-state index contributed by atoms with van der Waals surface area (Å²) in [6, 6.07) is 15.5. The molecule has 0 bridgehead atoms. The Bertz CT molecular complexity index is 2320. The van der Waals surface area contributed by atoms with E-state index in [0.29, 0.717) is 52.9 Å². The Morgan fingerprint density at radius 2 is 1.80 bits per heavy atom. The predicted molar refractivity (Wildman–Crippen MR) is 209 cm³/mol. The van der Waals surface area contributed by atoms with Gasteiger partial charge in [0, 0.05) is 55.7 Å². The molecule has 2 unspecified atom stereocenters. The Balaban J connectivity index is 0.844. The van der Waals surface area contributed by atoms with Gasteiger partial charge in [0.1, 0.15) is 23.6 Å². The van der Waals surface area contributed by atoms with Gasteiger partial charge in [0.25, 0.3) is 0 Å². The zero-order valence-electron chi connectivity index (χ0n) is 31.3. The third kappa shape index (κ3) is 7.61. The summed E-state index contributed by atoms with van der Waals surface area (Å²) in [6.45, 7) is 6.88. The van der Waals surface area contributed by atoms with Crippen molar-refractivity contribution in [1.29, 1.82) is 10.5 Å². The van der Waals surface area contributed by atoms with Gasteiger partial charge in [-0.15, -0.1) is 5.10 Å². The molecule has 8 rings (SSSR count). The molecule has 4 N–H and O–H groups in total. The van der Waals surface area contributed by atoms with Crippen LogP contribution in [0.2, 0.25) is 0 Å². The highest BCUT2D eigenvalue weighted by Crippen LogP contribution is 2.37. The smallest absolute Gasteiger partial charge is 0.234 e. The number of fused-ring (bicyclic) bond motifs is 1. The molecule has 5 aromatic rings. The van der Waals surface area contributed by atoms with E-state index in [1.807, 2.05) is 24.4 Å². The third-order valence-corrected chi connectivity index (χ3v) is 11.5. The quantitative estimate of drug-likeness (QED) is 0.171. The van der Waals surface area contributed by atoms with E-state index in [1.165, 1.54) is 12.1 Å². The molecule has 56 heavy (non-hydrogen) atoms. The van der Waals surface area contributed by atoms with E-state index in [4.69, 9.17) is 5.73 Å². The van der Waals surface area contributed by atoms with E-state index in [-0.39, 0.29) is 29.1 Å². The van der Waals surface area contributed by atoms with Crippen molar-refractivity contribution in [2.75, 3.05) is 48.7 Å². The molecule has 4 aromatic heterocycles. The fourth-order valence-electron chi connectivity index (χ4n) is 8.20. The Morgan fingerprint density at radius 1 is 1.02 bits per heavy atom. The zero-order chi connectivity index (χ0) is 38.8. The van der Waals surface area contributed by atoms with E-state index in [2.05, 4.69) is 64.0 Å². The summed E-state index contributed by atoms with van der Waals surface area (Å²) in [7, 11) is 0. The number of hydrogen-bond donors (Lipinski definition) is 3. The first-order chi connectivity index (χ1) is 27.3. The molecule has 1 aliphatic carbocycles. The van der Waals surface area contributed by atoms with Crippen LogP contribution < -0.4 is 21.3 Å². The van der Waals surface area contributed by atoms with Crippen LogP contribution in [0.15, 0.2) is 55.0 Å². The topological polar surface area (TPSA) is 213 Å². The number of nitrogens with one attached hydrogen (secondary N) is 2. The number of amides is 2. The summed E-state index contributed by atoms with van der Waals surface area (Å²) in [6.07, 6.45) is 11.9. The number of benzene rings is 1. The van der Waals surface area contributed by atoms with E-state index in [1.54, 1.807) is 40.8 Å². The Hall–Kier alpha value is -6.39. The summed E-state index contributed by atoms with van der Waals surface area (Å²) in [4.78, 5) is 37.9. The highest BCUT2D eigenvalue weighted by Gasteiger charge is 2.29. The predicted octanol–water partition coefficient (Wildman–Crippen LogP) is 4.18. The van der Waals surface area contributed by atoms with Crippen LogP contribution in [0.4, 0.5) is 17.2 Å². The largest absolute Gasteiger partial charge is 0.383 e. The molecule has 0 radical (unpaired) electrons. The van der Waals surface area contributed by atoms with Crippen LogP contribution in [-0.2, 0) is 9.59 Å². The van der Waals surface area contributed by atoms with Gasteiger partial charge in [-0.1, -0.05) is 17.3 Å². The van der Waals surface area contributed by atoms with Crippen LogP contribution in [0.1, 0.15) is 80.5 Å². The summed E-state index contributed by atoms with van der Waals surface area (Å²) < 4.78 is 3.27. The minimum absolute atomic E-state index is 0.114. The molecule has 6 heterocycles. The SMILES string of the molecule is CC(C#N)Nc1cc(-n2ncc3cc(C#N)c(N)nc32)ncc1-n1cc([C@H]2CC[C@H](CCN3CCN(c4ccc(C5CCC(=O)NC5=O)cc4)CC3)CC2)nn1. The van der Waals surface area contributed by atoms with Crippen molar-refractivity contribution in [1.82, 2.24) is 45.0 Å². The first-order valence-corrected chi connectivity index (χ1v) is 19.3. The molecule has 286 valence electrons. The van der Waals surface area contributed by atoms with Crippen LogP contribution in [0.5, 0.6) is 0 Å². The maximum Gasteiger partial charge on any atom is 0.234 e. The zero-order valence-corrected chi connectivity index (χ0v) is 31.3. The van der Waals surface area contributed by atoms with Crippen LogP contribution >= 0.6 is 0 Å². The number of aromatic nitrogens is 7. The summed E-state index contributed by atoms with van der Waals surface area (Å²) >= 11 is 0. The van der Waals surface area contributed by atoms with Crippen molar-refractivity contribution < 1.29 is 9.59 Å². The maximum atomic E-state index is 12.3. The van der Waals surface area contributed by atoms with Crippen molar-refractivity contribution in [2.24, 2.45) is 5.92 Å². The van der Waals surface area contributed by atoms with Gasteiger partial charge < -0.3 is 16.0 Å². The van der Waals surface area contributed by atoms with Crippen molar-refractivity contribution in [3.05, 3.63) is 71.8 Å². The first-order valence-electron chi connectivity index (χ1n) is 19.3. The minimum atomic E-state index is -0.488. The van der Waals surface area contributed by atoms with Gasteiger partial charge in [-0.2, -0.15) is 20.3 Å². The number of pyridine rings is 2. The number of anilines is 3. The standard InChI is InChI=1S/C40H44N14O2/c1-25(20-41)46-33-19-36(54-39-30(22-45-54)18-29(21-42)38(43)48-39)44-23-35(33)53-24-34(49-50-53)28-4-2-26(3-5-28)12-13-51-14-16-52(17-15-51)31-8-6-27(7-9-31)32-10-11-37(55)47-40(32)56/h6-9,18-19,22-26,28,32H,2-5,10-17H2,1H3,(H2,43,48)(H,44,46)(H,47,55,56)/t25?,26-,28-,32?. The lowest BCUT2D eigenvalue weighted by atomic mass is 9.79. The Kier molecular flexibility index (Phi) is 10.3. The van der Waals surface area contributed by atoms with Gasteiger partial charge in [-0.05, 0) is 81.7 Å². The van der Waals surface area contributed by atoms with Gasteiger partial charge in [-0.3, -0.25) is 19.8 Å². The number of imide groups is 1. The molecular weight excluding hydrogens is 709 g/mol. The number of carbonyl (C=O) groups is 2. The minimum Gasteiger partial charge on any atom is -0.383 e. The van der Waals surface area contributed by atoms with E-state index >= 15 is 0 Å². The van der Waals surface area contributed by atoms with Gasteiger partial charge >= 0.3 is 0 Å². The van der Waals surface area contributed by atoms with E-state index in [0.717, 1.165) is 69.7 Å². The number of nitriles is 2. The van der Waals surface area contributed by atoms with E-state index < -0.39 is 6.04 Å². The molecule has 1 saturated carbocycles. The van der Waals surface area contributed by atoms with Crippen LogP contribution in [0.25, 0.3) is 22.5 Å². The van der Waals surface area contributed by atoms with Crippen LogP contribution in [-0.4, -0.2) is 90.2 Å². The molecule has 16 nitrogen and oxygen atoms in total. The second-order valence-corrected chi connectivity index (χ2v) is 15.1. The van der Waals surface area contributed by atoms with Crippen molar-refractivity contribution in [3.63, 3.8) is 0 Å². The molecule has 16 heteroatoms. The third-order valence-electron chi connectivity index (χ3n) is 11.5. The number of hydrogen-bond acceptors (Lipinski definition) is 13. The summed E-state index contributed by atoms with van der Waals surface area (Å²) in [5.74, 6) is 0.965. The monoisotopic (exact) mass is 752 g/mol. The number of nitrogens with two attached hydrogens (primary N) is 1. The number of nitrogens with zero attached hydrogens (tertiary/aromatic N) is 11. The van der Waals surface area contributed by atoms with Crippen molar-refractivity contribution in [3.8, 4) is 23.6 Å². The number of piperazine rings is 1. The molecule has 1 aromatic carbocycles. The number of carbonyl (C=O) groups excluding carboxylic acids is 2. The Labute approximate surface area is 324 Å². The number of nitrogen functional groups attached to an aromatic ring is 1. The Morgan fingerprint density at radius 3 is 2.54 bits per heavy atom. The first kappa shape index (κ1) is 36.6. The number of rotatable bonds is 10. The molecular formula is C40H44N14O2. The van der Waals surface area contributed by atoms with Crippen LogP contribution in [0, 0.1) is 28.6 Å². The molecule has 2 saturated heterocycles. The molecule has 2 aliphatic heterocycles. The van der Waals surface area contributed by atoms with Gasteiger partial charge in [0.2, 0.25) is 11.8 Å². The lowest BCUT2D eigenvalue weighted by Crippen LogP contribution is -2.47. The van der Waals surface area contributed by atoms with Gasteiger partial charge in [0.05, 0.1) is 47.5 Å². The fraction of sp³-hybridized carbons (Fsp3) is 0.425. The summed E-state index contributed by atoms with van der Waals surface area (Å²) in [5.41, 5.74) is 11.1. The lowest BCUT2D eigenvalue weighted by Gasteiger charge is -2.37. The average Bonchev–Trinajstić information content (AvgIpc) is 3.88. The molecule has 2 atom stereocenters. The average molecular weight is 753 g/mol. The second-order valence-electron chi connectivity index (χ2n) is 15.1. The molecule has 3 fully saturated rings. The van der Waals surface area contributed by atoms with Crippen molar-refractivity contribution >= 4 is 40.0 Å². The molecule has 0 spiro atoms. The van der Waals surface area contributed by atoms with Crippen LogP contribution in [0.3, 0.4) is 0 Å². The maximum absolute atomic E-state index is 12.3. The van der Waals surface area contributed by atoms with Gasteiger partial charge in [-0.25, -0.2) is 14.6 Å². The number of piperidine rings is 1. The summed E-state index contributed by atoms with van der Waals surface area (Å²) in [5, 5.41) is 38.8. The highest BCUT2D eigenvalue weighted by molar-refractivity contribution is 6.01. The molecule has 3 aliphatic rings. The normalized spacial score (nSPS) is 21.0. The fourth-order valence-corrected chi connectivity index (χ4v) is 8.20. The lowest BCUT2D eigenvalue weighted by molar-refractivity contribution is -0.134.